The van der Waals surface area contributed by atoms with Crippen LogP contribution in [0.5, 0.6) is 5.75 Å². The van der Waals surface area contributed by atoms with E-state index >= 15 is 0 Å². The molecule has 2 aromatic rings. The summed E-state index contributed by atoms with van der Waals surface area (Å²) in [5.41, 5.74) is -1.42. The zero-order valence-corrected chi connectivity index (χ0v) is 17.4. The Morgan fingerprint density at radius 2 is 1.41 bits per heavy atom. The second-order valence-electron chi connectivity index (χ2n) is 7.88. The van der Waals surface area contributed by atoms with Gasteiger partial charge in [0.1, 0.15) is 22.9 Å². The molecular formula is C23H23F7O2. The van der Waals surface area contributed by atoms with Crippen LogP contribution in [0.4, 0.5) is 30.7 Å². The minimum Gasteiger partial charge on any atom is -0.429 e. The quantitative estimate of drug-likeness (QED) is 0.234. The summed E-state index contributed by atoms with van der Waals surface area (Å²) in [7, 11) is 0. The van der Waals surface area contributed by atoms with Gasteiger partial charge in [-0.1, -0.05) is 0 Å². The van der Waals surface area contributed by atoms with Crippen LogP contribution < -0.4 is 4.74 Å². The number of hydrogen-bond donors (Lipinski definition) is 0. The topological polar surface area (TPSA) is 18.5 Å². The van der Waals surface area contributed by atoms with E-state index in [1.807, 2.05) is 6.92 Å². The van der Waals surface area contributed by atoms with Crippen molar-refractivity contribution < 1.29 is 40.2 Å². The van der Waals surface area contributed by atoms with E-state index in [4.69, 9.17) is 4.74 Å². The molecule has 0 amide bonds. The summed E-state index contributed by atoms with van der Waals surface area (Å²) in [6.07, 6.45) is -0.684. The molecule has 1 saturated carbocycles. The summed E-state index contributed by atoms with van der Waals surface area (Å²) in [6, 6.07) is 2.01. The third kappa shape index (κ3) is 5.54. The van der Waals surface area contributed by atoms with Crippen LogP contribution in [0.3, 0.4) is 0 Å². The first-order chi connectivity index (χ1) is 15.1. The lowest BCUT2D eigenvalue weighted by molar-refractivity contribution is -0.189. The van der Waals surface area contributed by atoms with E-state index in [9.17, 15) is 30.7 Å². The van der Waals surface area contributed by atoms with Crippen LogP contribution >= 0.6 is 0 Å². The van der Waals surface area contributed by atoms with Crippen molar-refractivity contribution in [3.63, 3.8) is 0 Å². The minimum absolute atomic E-state index is 0.167. The molecule has 0 spiro atoms. The fourth-order valence-corrected chi connectivity index (χ4v) is 4.08. The van der Waals surface area contributed by atoms with Crippen molar-refractivity contribution in [3.8, 4) is 5.75 Å². The lowest BCUT2D eigenvalue weighted by atomic mass is 9.77. The fourth-order valence-electron chi connectivity index (χ4n) is 4.08. The normalized spacial score (nSPS) is 19.2. The number of alkyl halides is 2. The van der Waals surface area contributed by atoms with Crippen molar-refractivity contribution >= 4 is 0 Å². The van der Waals surface area contributed by atoms with Gasteiger partial charge < -0.3 is 9.47 Å². The minimum atomic E-state index is -4.58. The third-order valence-corrected chi connectivity index (χ3v) is 5.75. The Morgan fingerprint density at radius 1 is 0.844 bits per heavy atom. The van der Waals surface area contributed by atoms with E-state index in [0.29, 0.717) is 32.0 Å². The molecule has 0 bridgehead atoms. The Kier molecular flexibility index (Phi) is 7.69. The number of hydrogen-bond acceptors (Lipinski definition) is 2. The van der Waals surface area contributed by atoms with Gasteiger partial charge in [0.05, 0.1) is 0 Å². The van der Waals surface area contributed by atoms with Gasteiger partial charge in [0.15, 0.2) is 17.5 Å². The summed E-state index contributed by atoms with van der Waals surface area (Å²) in [6.45, 7) is 3.20. The highest BCUT2D eigenvalue weighted by Gasteiger charge is 2.42. The molecule has 1 aliphatic carbocycles. The SMILES string of the molecule is CCOCCC1CCC(c2cc(F)c(C(F)(F)Oc3cc(F)c(F)c(F)c3)c(F)c2)CC1. The average molecular weight is 464 g/mol. The summed E-state index contributed by atoms with van der Waals surface area (Å²) in [5, 5.41) is 0. The van der Waals surface area contributed by atoms with Gasteiger partial charge in [-0.3, -0.25) is 0 Å². The smallest absolute Gasteiger partial charge is 0.429 e. The molecule has 0 unspecified atom stereocenters. The maximum atomic E-state index is 14.5. The Hall–Kier alpha value is -2.29. The molecule has 0 radical (unpaired) electrons. The van der Waals surface area contributed by atoms with E-state index in [1.54, 1.807) is 0 Å². The van der Waals surface area contributed by atoms with Crippen molar-refractivity contribution in [3.05, 3.63) is 64.5 Å². The van der Waals surface area contributed by atoms with Crippen LogP contribution in [0.1, 0.15) is 56.1 Å². The van der Waals surface area contributed by atoms with Gasteiger partial charge in [-0.25, -0.2) is 22.0 Å². The highest BCUT2D eigenvalue weighted by molar-refractivity contribution is 5.33. The monoisotopic (exact) mass is 464 g/mol. The number of rotatable bonds is 8. The molecule has 0 aromatic heterocycles. The predicted molar refractivity (Wildman–Crippen MR) is 103 cm³/mol. The molecule has 0 N–H and O–H groups in total. The Labute approximate surface area is 181 Å². The molecule has 2 nitrogen and oxygen atoms in total. The van der Waals surface area contributed by atoms with Gasteiger partial charge >= 0.3 is 6.11 Å². The Balaban J connectivity index is 1.74. The predicted octanol–water partition coefficient (Wildman–Crippen LogP) is 7.21. The lowest BCUT2D eigenvalue weighted by Crippen LogP contribution is -2.26. The Morgan fingerprint density at radius 3 is 1.94 bits per heavy atom. The van der Waals surface area contributed by atoms with Gasteiger partial charge in [0, 0.05) is 25.3 Å². The Bertz CT molecular complexity index is 894. The van der Waals surface area contributed by atoms with Crippen molar-refractivity contribution in [1.82, 2.24) is 0 Å². The molecule has 0 aliphatic heterocycles. The third-order valence-electron chi connectivity index (χ3n) is 5.75. The molecular weight excluding hydrogens is 441 g/mol. The van der Waals surface area contributed by atoms with E-state index in [-0.39, 0.29) is 23.6 Å². The summed E-state index contributed by atoms with van der Waals surface area (Å²) >= 11 is 0. The number of benzene rings is 2. The van der Waals surface area contributed by atoms with Crippen LogP contribution in [-0.4, -0.2) is 13.2 Å². The molecule has 176 valence electrons. The van der Waals surface area contributed by atoms with E-state index < -0.39 is 46.5 Å². The first-order valence-corrected chi connectivity index (χ1v) is 10.4. The van der Waals surface area contributed by atoms with Gasteiger partial charge in [0.2, 0.25) is 0 Å². The summed E-state index contributed by atoms with van der Waals surface area (Å²) in [4.78, 5) is 0. The molecule has 32 heavy (non-hydrogen) atoms. The maximum Gasteiger partial charge on any atom is 0.432 e. The molecule has 3 rings (SSSR count). The second-order valence-corrected chi connectivity index (χ2v) is 7.88. The lowest BCUT2D eigenvalue weighted by Gasteiger charge is -2.29. The van der Waals surface area contributed by atoms with Crippen LogP contribution in [0.15, 0.2) is 24.3 Å². The zero-order valence-electron chi connectivity index (χ0n) is 17.4. The van der Waals surface area contributed by atoms with Gasteiger partial charge in [-0.15, -0.1) is 0 Å². The molecule has 2 aromatic carbocycles. The van der Waals surface area contributed by atoms with Gasteiger partial charge in [0.25, 0.3) is 0 Å². The highest BCUT2D eigenvalue weighted by Crippen LogP contribution is 2.41. The van der Waals surface area contributed by atoms with Gasteiger partial charge in [-0.2, -0.15) is 8.78 Å². The molecule has 0 heterocycles. The highest BCUT2D eigenvalue weighted by atomic mass is 19.3. The van der Waals surface area contributed by atoms with Crippen molar-refractivity contribution in [2.75, 3.05) is 13.2 Å². The molecule has 9 heteroatoms. The molecule has 0 saturated heterocycles. The first-order valence-electron chi connectivity index (χ1n) is 10.4. The standard InChI is InChI=1S/C23H23F7O2/c1-2-31-8-7-13-3-5-14(6-4-13)15-9-17(24)21(18(25)10-15)23(29,30)32-16-11-19(26)22(28)20(27)12-16/h9-14H,2-8H2,1H3. The first kappa shape index (κ1) is 24.4. The van der Waals surface area contributed by atoms with Gasteiger partial charge in [-0.05, 0) is 68.6 Å². The molecule has 0 atom stereocenters. The maximum absolute atomic E-state index is 14.5. The van der Waals surface area contributed by atoms with Crippen molar-refractivity contribution in [1.29, 1.82) is 0 Å². The number of ether oxygens (including phenoxy) is 2. The average Bonchev–Trinajstić information content (AvgIpc) is 2.71. The van der Waals surface area contributed by atoms with Crippen LogP contribution in [-0.2, 0) is 10.8 Å². The van der Waals surface area contributed by atoms with Crippen molar-refractivity contribution in [2.45, 2.75) is 51.1 Å². The summed E-state index contributed by atoms with van der Waals surface area (Å²) in [5.74, 6) is -9.34. The van der Waals surface area contributed by atoms with Crippen LogP contribution in [0.2, 0.25) is 0 Å². The van der Waals surface area contributed by atoms with Crippen LogP contribution in [0, 0.1) is 35.0 Å². The van der Waals surface area contributed by atoms with E-state index in [2.05, 4.69) is 4.74 Å². The molecule has 1 fully saturated rings. The van der Waals surface area contributed by atoms with Crippen molar-refractivity contribution in [2.24, 2.45) is 5.92 Å². The summed E-state index contributed by atoms with van der Waals surface area (Å²) < 4.78 is 107. The molecule has 1 aliphatic rings. The van der Waals surface area contributed by atoms with E-state index in [0.717, 1.165) is 31.4 Å². The van der Waals surface area contributed by atoms with E-state index in [1.165, 1.54) is 0 Å². The largest absolute Gasteiger partial charge is 0.432 e. The fraction of sp³-hybridized carbons (Fsp3) is 0.478. The van der Waals surface area contributed by atoms with Crippen LogP contribution in [0.25, 0.3) is 0 Å². The number of halogens is 7. The second kappa shape index (κ2) is 10.1. The zero-order chi connectivity index (χ0) is 23.5.